The number of anilines is 3. The van der Waals surface area contributed by atoms with Crippen molar-refractivity contribution in [3.05, 3.63) is 197 Å². The molecule has 0 fully saturated rings. The van der Waals surface area contributed by atoms with E-state index < -0.39 is 5.41 Å². The average Bonchev–Trinajstić information content (AvgIpc) is 3.76. The number of benzene rings is 6. The van der Waals surface area contributed by atoms with Gasteiger partial charge in [0.15, 0.2) is 5.69 Å². The Morgan fingerprint density at radius 2 is 1.30 bits per heavy atom. The first-order valence-corrected chi connectivity index (χ1v) is 19.4. The molecule has 7 nitrogen and oxygen atoms in total. The smallest absolute Gasteiger partial charge is 0.188 e. The Hall–Kier alpha value is -7.65. The molecule has 0 N–H and O–H groups in total. The van der Waals surface area contributed by atoms with Gasteiger partial charge in [-0.1, -0.05) is 60.3 Å². The SMILES string of the molecule is [C-]#[N+]c1ccc2c(c1)c1ccccc1n2-c1ccc2c(c1)C1(c3cc(N4c5ccccc5Sc5cc(C#N)ccc54)ccc3O2)c2cccnc2-c2ncccc21. The molecule has 57 heavy (non-hydrogen) atoms. The molecular weight excluding hydrogens is 721 g/mol. The highest BCUT2D eigenvalue weighted by atomic mass is 32.2. The van der Waals surface area contributed by atoms with Crippen molar-refractivity contribution in [3.63, 3.8) is 0 Å². The van der Waals surface area contributed by atoms with Crippen LogP contribution in [0, 0.1) is 17.9 Å². The summed E-state index contributed by atoms with van der Waals surface area (Å²) in [5, 5.41) is 11.9. The first-order chi connectivity index (χ1) is 28.1. The number of rotatable bonds is 2. The van der Waals surface area contributed by atoms with Crippen molar-refractivity contribution in [3.8, 4) is 34.6 Å². The predicted octanol–water partition coefficient (Wildman–Crippen LogP) is 12.4. The van der Waals surface area contributed by atoms with E-state index in [2.05, 4.69) is 117 Å². The summed E-state index contributed by atoms with van der Waals surface area (Å²) < 4.78 is 9.23. The van der Waals surface area contributed by atoms with Crippen molar-refractivity contribution in [1.82, 2.24) is 14.5 Å². The summed E-state index contributed by atoms with van der Waals surface area (Å²) in [7, 11) is 0. The van der Waals surface area contributed by atoms with E-state index in [9.17, 15) is 5.26 Å². The predicted molar refractivity (Wildman–Crippen MR) is 224 cm³/mol. The summed E-state index contributed by atoms with van der Waals surface area (Å²) in [5.74, 6) is 1.52. The molecule has 0 saturated carbocycles. The van der Waals surface area contributed by atoms with Crippen LogP contribution in [0.25, 0.3) is 43.7 Å². The molecule has 2 aliphatic heterocycles. The molecule has 5 heterocycles. The monoisotopic (exact) mass is 746 g/mol. The quantitative estimate of drug-likeness (QED) is 0.164. The number of nitrogens with zero attached hydrogens (tertiary/aromatic N) is 6. The Morgan fingerprint density at radius 3 is 2.07 bits per heavy atom. The lowest BCUT2D eigenvalue weighted by Crippen LogP contribution is -2.32. The Bertz CT molecular complexity index is 3270. The Kier molecular flexibility index (Phi) is 6.49. The highest BCUT2D eigenvalue weighted by molar-refractivity contribution is 7.99. The maximum Gasteiger partial charge on any atom is 0.188 e. The van der Waals surface area contributed by atoms with Crippen LogP contribution in [0.15, 0.2) is 168 Å². The number of para-hydroxylation sites is 2. The highest BCUT2D eigenvalue weighted by Crippen LogP contribution is 2.63. The topological polar surface area (TPSA) is 71.3 Å². The largest absolute Gasteiger partial charge is 0.457 e. The number of fused-ring (bicyclic) bond motifs is 14. The lowest BCUT2D eigenvalue weighted by atomic mass is 9.66. The zero-order valence-electron chi connectivity index (χ0n) is 30.0. The minimum absolute atomic E-state index is 0.609. The van der Waals surface area contributed by atoms with Gasteiger partial charge in [0.05, 0.1) is 57.4 Å². The zero-order chi connectivity index (χ0) is 37.8. The van der Waals surface area contributed by atoms with Crippen molar-refractivity contribution in [2.24, 2.45) is 0 Å². The number of ether oxygens (including phenoxy) is 1. The first kappa shape index (κ1) is 31.7. The van der Waals surface area contributed by atoms with Gasteiger partial charge in [-0.3, -0.25) is 9.97 Å². The molecule has 0 bridgehead atoms. The summed E-state index contributed by atoms with van der Waals surface area (Å²) in [6, 6.07) is 52.3. The molecule has 3 aromatic heterocycles. The molecule has 6 aromatic carbocycles. The second-order valence-corrected chi connectivity index (χ2v) is 15.5. The fraction of sp³-hybridized carbons (Fsp3) is 0.0204. The van der Waals surface area contributed by atoms with Gasteiger partial charge in [-0.2, -0.15) is 5.26 Å². The van der Waals surface area contributed by atoms with E-state index in [-0.39, 0.29) is 0 Å². The fourth-order valence-electron chi connectivity index (χ4n) is 9.27. The van der Waals surface area contributed by atoms with Crippen molar-refractivity contribution in [1.29, 1.82) is 5.26 Å². The van der Waals surface area contributed by atoms with Crippen molar-refractivity contribution in [2.75, 3.05) is 4.90 Å². The van der Waals surface area contributed by atoms with Gasteiger partial charge in [-0.05, 0) is 114 Å². The third-order valence-electron chi connectivity index (χ3n) is 11.6. The summed E-state index contributed by atoms with van der Waals surface area (Å²) >= 11 is 1.68. The third kappa shape index (κ3) is 4.25. The Morgan fingerprint density at radius 1 is 0.614 bits per heavy atom. The number of hydrogen-bond acceptors (Lipinski definition) is 6. The summed E-state index contributed by atoms with van der Waals surface area (Å²) in [4.78, 5) is 18.1. The zero-order valence-corrected chi connectivity index (χ0v) is 30.8. The lowest BCUT2D eigenvalue weighted by Gasteiger charge is -2.40. The van der Waals surface area contributed by atoms with Crippen LogP contribution in [0.4, 0.5) is 22.7 Å². The summed E-state index contributed by atoms with van der Waals surface area (Å²) in [6.07, 6.45) is 3.68. The van der Waals surface area contributed by atoms with Crippen LogP contribution in [0.3, 0.4) is 0 Å². The third-order valence-corrected chi connectivity index (χ3v) is 12.7. The molecule has 0 radical (unpaired) electrons. The summed E-state index contributed by atoms with van der Waals surface area (Å²) in [6.45, 7) is 7.72. The van der Waals surface area contributed by atoms with Crippen LogP contribution < -0.4 is 9.64 Å². The molecule has 0 atom stereocenters. The number of hydrogen-bond donors (Lipinski definition) is 0. The van der Waals surface area contributed by atoms with Crippen LogP contribution in [0.1, 0.15) is 27.8 Å². The van der Waals surface area contributed by atoms with Gasteiger partial charge in [0.2, 0.25) is 0 Å². The van der Waals surface area contributed by atoms with Gasteiger partial charge >= 0.3 is 0 Å². The van der Waals surface area contributed by atoms with Crippen LogP contribution in [0.2, 0.25) is 0 Å². The minimum atomic E-state index is -0.838. The molecule has 1 spiro atoms. The van der Waals surface area contributed by atoms with E-state index >= 15 is 0 Å². The highest BCUT2D eigenvalue weighted by Gasteiger charge is 2.53. The molecular formula is C49H26N6OS. The second kappa shape index (κ2) is 11.7. The Balaban J connectivity index is 1.15. The lowest BCUT2D eigenvalue weighted by molar-refractivity contribution is 0.436. The molecule has 3 aliphatic rings. The molecule has 0 saturated heterocycles. The normalized spacial score (nSPS) is 13.8. The standard InChI is InChI=1S/C49H26N6OS/c1-51-30-15-19-40-34(25-30)33-8-2-3-11-39(33)54(40)31-16-20-43-37(26-31)49(35-9-6-22-52-47(35)48-36(49)10-7-23-53-48)38-27-32(17-21-44(38)56-43)55-41-12-4-5-13-45(41)57-46-24-29(28-50)14-18-42(46)55/h2-27H. The molecule has 9 aromatic rings. The van der Waals surface area contributed by atoms with Crippen molar-refractivity contribution >= 4 is 56.3 Å². The van der Waals surface area contributed by atoms with Gasteiger partial charge < -0.3 is 14.2 Å². The number of nitriles is 1. The molecule has 0 amide bonds. The molecule has 12 rings (SSSR count). The van der Waals surface area contributed by atoms with E-state index in [1.807, 2.05) is 60.9 Å². The van der Waals surface area contributed by atoms with Crippen LogP contribution in [0.5, 0.6) is 11.5 Å². The van der Waals surface area contributed by atoms with Crippen molar-refractivity contribution < 1.29 is 4.74 Å². The number of aromatic nitrogens is 3. The van der Waals surface area contributed by atoms with Gasteiger partial charge in [0, 0.05) is 50.1 Å². The average molecular weight is 747 g/mol. The Labute approximate surface area is 331 Å². The molecule has 1 aliphatic carbocycles. The van der Waals surface area contributed by atoms with Crippen LogP contribution in [-0.4, -0.2) is 14.5 Å². The van der Waals surface area contributed by atoms with Crippen LogP contribution >= 0.6 is 11.8 Å². The van der Waals surface area contributed by atoms with E-state index in [4.69, 9.17) is 21.3 Å². The maximum absolute atomic E-state index is 9.80. The molecule has 264 valence electrons. The fourth-order valence-corrected chi connectivity index (χ4v) is 10.4. The van der Waals surface area contributed by atoms with Gasteiger partial charge in [-0.25, -0.2) is 4.85 Å². The van der Waals surface area contributed by atoms with Gasteiger partial charge in [0.1, 0.15) is 11.5 Å². The van der Waals surface area contributed by atoms with Gasteiger partial charge in [0.25, 0.3) is 0 Å². The van der Waals surface area contributed by atoms with Crippen LogP contribution in [-0.2, 0) is 5.41 Å². The first-order valence-electron chi connectivity index (χ1n) is 18.6. The number of pyridine rings is 2. The summed E-state index contributed by atoms with van der Waals surface area (Å²) in [5.41, 5.74) is 12.2. The van der Waals surface area contributed by atoms with Crippen molar-refractivity contribution in [2.45, 2.75) is 15.2 Å². The van der Waals surface area contributed by atoms with Gasteiger partial charge in [-0.15, -0.1) is 0 Å². The van der Waals surface area contributed by atoms with E-state index in [1.165, 1.54) is 0 Å². The van der Waals surface area contributed by atoms with E-state index in [0.717, 1.165) is 99.5 Å². The van der Waals surface area contributed by atoms with E-state index in [0.29, 0.717) is 11.3 Å². The maximum atomic E-state index is 9.80. The molecule has 0 unspecified atom stereocenters. The molecule has 8 heteroatoms. The second-order valence-electron chi connectivity index (χ2n) is 14.4. The van der Waals surface area contributed by atoms with E-state index in [1.54, 1.807) is 11.8 Å². The minimum Gasteiger partial charge on any atom is -0.457 e.